The van der Waals surface area contributed by atoms with E-state index >= 15 is 0 Å². The molecule has 1 aromatic heterocycles. The van der Waals surface area contributed by atoms with E-state index < -0.39 is 0 Å². The average molecular weight is 381 g/mol. The molecule has 0 aliphatic heterocycles. The topological polar surface area (TPSA) is 75.6 Å². The van der Waals surface area contributed by atoms with Crippen molar-refractivity contribution in [1.82, 2.24) is 9.97 Å². The number of anilines is 1. The molecule has 1 heterocycles. The monoisotopic (exact) mass is 380 g/mol. The van der Waals surface area contributed by atoms with Crippen LogP contribution in [0, 0.1) is 18.3 Å². The van der Waals surface area contributed by atoms with Gasteiger partial charge in [-0.1, -0.05) is 65.3 Å². The third-order valence-corrected chi connectivity index (χ3v) is 5.05. The Morgan fingerprint density at radius 1 is 1.04 bits per heavy atom. The van der Waals surface area contributed by atoms with Gasteiger partial charge in [0.2, 0.25) is 0 Å². The Hall–Kier alpha value is -2.55. The predicted molar refractivity (Wildman–Crippen MR) is 106 cm³/mol. The van der Waals surface area contributed by atoms with Gasteiger partial charge in [-0.05, 0) is 30.2 Å². The number of nitrogens with two attached hydrogens (primary N) is 1. The van der Waals surface area contributed by atoms with Crippen LogP contribution in [0.3, 0.4) is 0 Å². The maximum Gasteiger partial charge on any atom is 0.190 e. The number of aryl methyl sites for hydroxylation is 1. The van der Waals surface area contributed by atoms with E-state index in [0.717, 1.165) is 11.3 Å². The van der Waals surface area contributed by atoms with Gasteiger partial charge in [0.1, 0.15) is 17.5 Å². The number of benzene rings is 2. The summed E-state index contributed by atoms with van der Waals surface area (Å²) in [5, 5.41) is 10.7. The molecular weight excluding hydrogens is 364 g/mol. The van der Waals surface area contributed by atoms with E-state index in [4.69, 9.17) is 17.3 Å². The molecule has 2 N–H and O–H groups in total. The number of thioether (sulfide) groups is 1. The lowest BCUT2D eigenvalue weighted by Crippen LogP contribution is -2.06. The fourth-order valence-electron chi connectivity index (χ4n) is 2.45. The van der Waals surface area contributed by atoms with E-state index in [2.05, 4.69) is 47.2 Å². The van der Waals surface area contributed by atoms with Gasteiger partial charge in [-0.3, -0.25) is 0 Å². The van der Waals surface area contributed by atoms with E-state index in [1.165, 1.54) is 22.9 Å². The van der Waals surface area contributed by atoms with Crippen molar-refractivity contribution in [2.75, 3.05) is 5.73 Å². The summed E-state index contributed by atoms with van der Waals surface area (Å²) in [6.07, 6.45) is 0.505. The molecule has 0 saturated carbocycles. The van der Waals surface area contributed by atoms with Gasteiger partial charge < -0.3 is 5.73 Å². The Morgan fingerprint density at radius 3 is 2.35 bits per heavy atom. The van der Waals surface area contributed by atoms with Crippen LogP contribution in [-0.2, 0) is 12.2 Å². The quantitative estimate of drug-likeness (QED) is 0.509. The molecule has 130 valence electrons. The lowest BCUT2D eigenvalue weighted by molar-refractivity contribution is 0.902. The summed E-state index contributed by atoms with van der Waals surface area (Å²) >= 11 is 7.44. The zero-order chi connectivity index (χ0) is 18.5. The van der Waals surface area contributed by atoms with Gasteiger partial charge >= 0.3 is 0 Å². The third kappa shape index (κ3) is 4.54. The van der Waals surface area contributed by atoms with E-state index in [9.17, 15) is 5.26 Å². The van der Waals surface area contributed by atoms with Gasteiger partial charge in [0.05, 0.1) is 5.69 Å². The zero-order valence-electron chi connectivity index (χ0n) is 14.2. The van der Waals surface area contributed by atoms with Gasteiger partial charge in [-0.25, -0.2) is 9.97 Å². The molecule has 0 aliphatic carbocycles. The van der Waals surface area contributed by atoms with Crippen molar-refractivity contribution in [2.45, 2.75) is 24.3 Å². The van der Waals surface area contributed by atoms with Crippen molar-refractivity contribution in [1.29, 1.82) is 5.26 Å². The Morgan fingerprint density at radius 2 is 1.69 bits per heavy atom. The van der Waals surface area contributed by atoms with E-state index in [1.54, 1.807) is 0 Å². The highest BCUT2D eigenvalue weighted by Gasteiger charge is 2.13. The SMILES string of the molecule is Cc1ccc(CSc2nc(N)c(C#N)c(Cc3ccc(Cl)cc3)n2)cc1. The second kappa shape index (κ2) is 8.22. The third-order valence-electron chi connectivity index (χ3n) is 3.88. The fraction of sp³-hybridized carbons (Fsp3) is 0.150. The van der Waals surface area contributed by atoms with E-state index in [1.807, 2.05) is 24.3 Å². The zero-order valence-corrected chi connectivity index (χ0v) is 15.8. The molecule has 0 atom stereocenters. The Kier molecular flexibility index (Phi) is 5.77. The standard InChI is InChI=1S/C20H17ClN4S/c1-13-2-4-15(5-3-13)12-26-20-24-18(17(11-22)19(23)25-20)10-14-6-8-16(21)9-7-14/h2-9H,10,12H2,1H3,(H2,23,24,25). The van der Waals surface area contributed by atoms with Crippen LogP contribution >= 0.6 is 23.4 Å². The van der Waals surface area contributed by atoms with Crippen molar-refractivity contribution in [3.05, 3.63) is 81.5 Å². The molecule has 0 amide bonds. The first kappa shape index (κ1) is 18.2. The Balaban J connectivity index is 1.83. The molecular formula is C20H17ClN4S. The molecule has 3 rings (SSSR count). The summed E-state index contributed by atoms with van der Waals surface area (Å²) in [6, 6.07) is 17.9. The number of nitrogens with zero attached hydrogens (tertiary/aromatic N) is 3. The first-order valence-corrected chi connectivity index (χ1v) is 9.41. The number of nitriles is 1. The maximum absolute atomic E-state index is 9.41. The highest BCUT2D eigenvalue weighted by Crippen LogP contribution is 2.24. The van der Waals surface area contributed by atoms with Crippen molar-refractivity contribution in [2.24, 2.45) is 0 Å². The largest absolute Gasteiger partial charge is 0.382 e. The van der Waals surface area contributed by atoms with Gasteiger partial charge in [-0.2, -0.15) is 5.26 Å². The van der Waals surface area contributed by atoms with Gasteiger partial charge in [0.25, 0.3) is 0 Å². The number of hydrogen-bond donors (Lipinski definition) is 1. The predicted octanol–water partition coefficient (Wildman–Crippen LogP) is 4.78. The molecule has 0 saturated heterocycles. The molecule has 26 heavy (non-hydrogen) atoms. The van der Waals surface area contributed by atoms with Gasteiger partial charge in [0, 0.05) is 17.2 Å². The van der Waals surface area contributed by atoms with Crippen molar-refractivity contribution in [3.63, 3.8) is 0 Å². The summed E-state index contributed by atoms with van der Waals surface area (Å²) in [6.45, 7) is 2.06. The number of halogens is 1. The minimum absolute atomic E-state index is 0.220. The summed E-state index contributed by atoms with van der Waals surface area (Å²) in [4.78, 5) is 8.85. The molecule has 4 nitrogen and oxygen atoms in total. The molecule has 0 fully saturated rings. The Labute approximate surface area is 162 Å². The molecule has 6 heteroatoms. The molecule has 0 unspecified atom stereocenters. The molecule has 2 aromatic carbocycles. The van der Waals surface area contributed by atoms with Gasteiger partial charge in [0.15, 0.2) is 5.16 Å². The minimum Gasteiger partial charge on any atom is -0.382 e. The average Bonchev–Trinajstić information content (AvgIpc) is 2.63. The molecule has 0 spiro atoms. The summed E-state index contributed by atoms with van der Waals surface area (Å²) in [5.41, 5.74) is 10.4. The van der Waals surface area contributed by atoms with Gasteiger partial charge in [-0.15, -0.1) is 0 Å². The lowest BCUT2D eigenvalue weighted by atomic mass is 10.1. The van der Waals surface area contributed by atoms with Crippen LogP contribution in [0.5, 0.6) is 0 Å². The van der Waals surface area contributed by atoms with Crippen molar-refractivity contribution in [3.8, 4) is 6.07 Å². The summed E-state index contributed by atoms with van der Waals surface area (Å²) in [7, 11) is 0. The lowest BCUT2D eigenvalue weighted by Gasteiger charge is -2.09. The molecule has 0 aliphatic rings. The molecule has 3 aromatic rings. The highest BCUT2D eigenvalue weighted by atomic mass is 35.5. The van der Waals surface area contributed by atoms with Crippen molar-refractivity contribution >= 4 is 29.2 Å². The van der Waals surface area contributed by atoms with E-state index in [-0.39, 0.29) is 5.82 Å². The van der Waals surface area contributed by atoms with Crippen LogP contribution in [0.4, 0.5) is 5.82 Å². The number of aromatic nitrogens is 2. The van der Waals surface area contributed by atoms with Crippen LogP contribution in [0.2, 0.25) is 5.02 Å². The fourth-order valence-corrected chi connectivity index (χ4v) is 3.40. The first-order valence-electron chi connectivity index (χ1n) is 8.04. The van der Waals surface area contributed by atoms with Crippen LogP contribution < -0.4 is 5.73 Å². The van der Waals surface area contributed by atoms with Crippen LogP contribution in [0.25, 0.3) is 0 Å². The first-order chi connectivity index (χ1) is 12.5. The maximum atomic E-state index is 9.41. The molecule has 0 radical (unpaired) electrons. The van der Waals surface area contributed by atoms with Crippen molar-refractivity contribution < 1.29 is 0 Å². The second-order valence-corrected chi connectivity index (χ2v) is 7.28. The van der Waals surface area contributed by atoms with E-state index in [0.29, 0.717) is 27.9 Å². The normalized spacial score (nSPS) is 10.5. The number of hydrogen-bond acceptors (Lipinski definition) is 5. The Bertz CT molecular complexity index is 947. The number of nitrogen functional groups attached to an aromatic ring is 1. The van der Waals surface area contributed by atoms with Crippen LogP contribution in [0.15, 0.2) is 53.7 Å². The van der Waals surface area contributed by atoms with Crippen LogP contribution in [0.1, 0.15) is 27.9 Å². The van der Waals surface area contributed by atoms with Crippen LogP contribution in [-0.4, -0.2) is 9.97 Å². The summed E-state index contributed by atoms with van der Waals surface area (Å²) < 4.78 is 0. The smallest absolute Gasteiger partial charge is 0.190 e. The minimum atomic E-state index is 0.220. The highest BCUT2D eigenvalue weighted by molar-refractivity contribution is 7.98. The summed E-state index contributed by atoms with van der Waals surface area (Å²) in [5.74, 6) is 0.962. The second-order valence-electron chi connectivity index (χ2n) is 5.90. The number of rotatable bonds is 5. The molecule has 0 bridgehead atoms.